The average molecular weight is 594 g/mol. The SMILES string of the molecule is O=C(COc1c(Cl)cc(C=Nn2c(C3CCCCC3)nc3ccccc3c2=O)cc1Br)Nc1ccccc1. The zero-order valence-corrected chi connectivity index (χ0v) is 22.9. The predicted octanol–water partition coefficient (Wildman–Crippen LogP) is 6.76. The second-order valence-electron chi connectivity index (χ2n) is 9.20. The molecule has 0 aliphatic heterocycles. The number of anilines is 1. The van der Waals surface area contributed by atoms with Gasteiger partial charge in [-0.25, -0.2) is 4.98 Å². The topological polar surface area (TPSA) is 85.6 Å². The number of nitrogens with one attached hydrogen (secondary N) is 1. The van der Waals surface area contributed by atoms with Gasteiger partial charge in [0.2, 0.25) is 0 Å². The monoisotopic (exact) mass is 592 g/mol. The number of hydrogen-bond acceptors (Lipinski definition) is 5. The minimum absolute atomic E-state index is 0.186. The van der Waals surface area contributed by atoms with Crippen LogP contribution >= 0.6 is 27.5 Å². The number of aromatic nitrogens is 2. The molecule has 0 radical (unpaired) electrons. The first-order valence-corrected chi connectivity index (χ1v) is 13.7. The van der Waals surface area contributed by atoms with Gasteiger partial charge in [-0.1, -0.05) is 61.2 Å². The smallest absolute Gasteiger partial charge is 0.282 e. The van der Waals surface area contributed by atoms with Gasteiger partial charge < -0.3 is 10.1 Å². The van der Waals surface area contributed by atoms with E-state index >= 15 is 0 Å². The summed E-state index contributed by atoms with van der Waals surface area (Å²) in [6.45, 7) is -0.205. The lowest BCUT2D eigenvalue weighted by molar-refractivity contribution is -0.118. The van der Waals surface area contributed by atoms with Crippen molar-refractivity contribution in [1.82, 2.24) is 9.66 Å². The number of halogens is 2. The highest BCUT2D eigenvalue weighted by Crippen LogP contribution is 2.35. The van der Waals surface area contributed by atoms with E-state index in [-0.39, 0.29) is 24.0 Å². The summed E-state index contributed by atoms with van der Waals surface area (Å²) in [6.07, 6.45) is 7.00. The normalized spacial score (nSPS) is 14.2. The number of amides is 1. The lowest BCUT2D eigenvalue weighted by Crippen LogP contribution is -2.25. The molecule has 1 N–H and O–H groups in total. The molecule has 7 nitrogen and oxygen atoms in total. The Labute approximate surface area is 233 Å². The molecule has 0 bridgehead atoms. The van der Waals surface area contributed by atoms with Gasteiger partial charge in [-0.2, -0.15) is 9.78 Å². The number of rotatable bonds is 7. The van der Waals surface area contributed by atoms with Crippen molar-refractivity contribution in [3.63, 3.8) is 0 Å². The van der Waals surface area contributed by atoms with Crippen LogP contribution in [0.25, 0.3) is 10.9 Å². The molecule has 4 aromatic rings. The van der Waals surface area contributed by atoms with Crippen molar-refractivity contribution >= 4 is 56.2 Å². The van der Waals surface area contributed by atoms with Crippen LogP contribution < -0.4 is 15.6 Å². The first kappa shape index (κ1) is 26.1. The molecule has 1 aliphatic carbocycles. The molecular formula is C29H26BrClN4O3. The third-order valence-electron chi connectivity index (χ3n) is 6.50. The van der Waals surface area contributed by atoms with Crippen molar-refractivity contribution in [3.8, 4) is 5.75 Å². The number of para-hydroxylation sites is 2. The van der Waals surface area contributed by atoms with Gasteiger partial charge in [0, 0.05) is 11.6 Å². The number of hydrogen-bond donors (Lipinski definition) is 1. The van der Waals surface area contributed by atoms with E-state index in [0.717, 1.165) is 25.7 Å². The third kappa shape index (κ3) is 5.97. The second-order valence-corrected chi connectivity index (χ2v) is 10.5. The zero-order chi connectivity index (χ0) is 26.5. The molecule has 1 aliphatic rings. The van der Waals surface area contributed by atoms with Crippen molar-refractivity contribution in [2.45, 2.75) is 38.0 Å². The highest BCUT2D eigenvalue weighted by atomic mass is 79.9. The second kappa shape index (κ2) is 11.9. The largest absolute Gasteiger partial charge is 0.481 e. The molecule has 9 heteroatoms. The van der Waals surface area contributed by atoms with Gasteiger partial charge in [0.15, 0.2) is 12.4 Å². The molecule has 1 aromatic heterocycles. The minimum atomic E-state index is -0.303. The first-order chi connectivity index (χ1) is 18.5. The molecule has 0 unspecified atom stereocenters. The number of nitrogens with zero attached hydrogens (tertiary/aromatic N) is 3. The van der Waals surface area contributed by atoms with Gasteiger partial charge >= 0.3 is 0 Å². The zero-order valence-electron chi connectivity index (χ0n) is 20.6. The van der Waals surface area contributed by atoms with Crippen molar-refractivity contribution in [1.29, 1.82) is 0 Å². The molecule has 1 fully saturated rings. The standard InChI is InChI=1S/C29H26BrClN4O3/c30-23-15-19(16-24(31)27(23)38-18-26(36)33-21-11-5-2-6-12-21)17-32-35-28(20-9-3-1-4-10-20)34-25-14-8-7-13-22(25)29(35)37/h2,5-8,11-17,20H,1,3-4,9-10,18H2,(H,33,36). The molecule has 3 aromatic carbocycles. The van der Waals surface area contributed by atoms with Gasteiger partial charge in [-0.3, -0.25) is 9.59 Å². The van der Waals surface area contributed by atoms with Crippen LogP contribution in [0, 0.1) is 0 Å². The van der Waals surface area contributed by atoms with E-state index in [1.165, 1.54) is 11.1 Å². The highest BCUT2D eigenvalue weighted by molar-refractivity contribution is 9.10. The van der Waals surface area contributed by atoms with Crippen LogP contribution in [0.1, 0.15) is 49.4 Å². The Hall–Kier alpha value is -3.49. The number of benzene rings is 3. The summed E-state index contributed by atoms with van der Waals surface area (Å²) in [7, 11) is 0. The van der Waals surface area contributed by atoms with Crippen LogP contribution in [-0.4, -0.2) is 28.4 Å². The van der Waals surface area contributed by atoms with Gasteiger partial charge in [-0.15, -0.1) is 0 Å². The number of carbonyl (C=O) groups is 1. The van der Waals surface area contributed by atoms with E-state index in [0.29, 0.717) is 43.2 Å². The van der Waals surface area contributed by atoms with Crippen LogP contribution in [0.2, 0.25) is 5.02 Å². The number of ether oxygens (including phenoxy) is 1. The highest BCUT2D eigenvalue weighted by Gasteiger charge is 2.22. The molecule has 1 heterocycles. The quantitative estimate of drug-likeness (QED) is 0.240. The molecular weight excluding hydrogens is 568 g/mol. The Bertz CT molecular complexity index is 1530. The number of carbonyl (C=O) groups excluding carboxylic acids is 1. The fourth-order valence-corrected chi connectivity index (χ4v) is 5.64. The van der Waals surface area contributed by atoms with Crippen LogP contribution in [0.3, 0.4) is 0 Å². The van der Waals surface area contributed by atoms with E-state index in [2.05, 4.69) is 26.3 Å². The Morgan fingerprint density at radius 2 is 1.84 bits per heavy atom. The minimum Gasteiger partial charge on any atom is -0.481 e. The lowest BCUT2D eigenvalue weighted by Gasteiger charge is -2.22. The van der Waals surface area contributed by atoms with E-state index < -0.39 is 0 Å². The fraction of sp³-hybridized carbons (Fsp3) is 0.241. The molecule has 1 saturated carbocycles. The first-order valence-electron chi connectivity index (χ1n) is 12.5. The Morgan fingerprint density at radius 1 is 1.11 bits per heavy atom. The van der Waals surface area contributed by atoms with Gasteiger partial charge in [0.1, 0.15) is 5.82 Å². The van der Waals surface area contributed by atoms with Crippen LogP contribution in [-0.2, 0) is 4.79 Å². The lowest BCUT2D eigenvalue weighted by atomic mass is 9.88. The van der Waals surface area contributed by atoms with Gasteiger partial charge in [-0.05, 0) is 70.7 Å². The molecule has 194 valence electrons. The van der Waals surface area contributed by atoms with E-state index in [4.69, 9.17) is 21.3 Å². The van der Waals surface area contributed by atoms with E-state index in [9.17, 15) is 9.59 Å². The summed E-state index contributed by atoms with van der Waals surface area (Å²) in [5, 5.41) is 8.17. The average Bonchev–Trinajstić information content (AvgIpc) is 2.93. The van der Waals surface area contributed by atoms with Crippen molar-refractivity contribution in [2.24, 2.45) is 5.10 Å². The Balaban J connectivity index is 1.38. The molecule has 1 amide bonds. The molecule has 38 heavy (non-hydrogen) atoms. The van der Waals surface area contributed by atoms with E-state index in [1.807, 2.05) is 36.4 Å². The Kier molecular flexibility index (Phi) is 8.20. The maximum Gasteiger partial charge on any atom is 0.282 e. The molecule has 0 saturated heterocycles. The van der Waals surface area contributed by atoms with E-state index in [1.54, 1.807) is 36.5 Å². The summed E-state index contributed by atoms with van der Waals surface area (Å²) < 4.78 is 7.68. The van der Waals surface area contributed by atoms with Gasteiger partial charge in [0.25, 0.3) is 11.5 Å². The van der Waals surface area contributed by atoms with Crippen LogP contribution in [0.15, 0.2) is 81.1 Å². The summed E-state index contributed by atoms with van der Waals surface area (Å²) in [6, 6.07) is 20.0. The number of fused-ring (bicyclic) bond motifs is 1. The van der Waals surface area contributed by atoms with Crippen LogP contribution in [0.4, 0.5) is 5.69 Å². The summed E-state index contributed by atoms with van der Waals surface area (Å²) in [4.78, 5) is 30.5. The molecule has 0 atom stereocenters. The molecule has 5 rings (SSSR count). The predicted molar refractivity (Wildman–Crippen MR) is 155 cm³/mol. The molecule has 0 spiro atoms. The van der Waals surface area contributed by atoms with Crippen molar-refractivity contribution in [2.75, 3.05) is 11.9 Å². The maximum absolute atomic E-state index is 13.4. The Morgan fingerprint density at radius 3 is 2.61 bits per heavy atom. The van der Waals surface area contributed by atoms with Crippen molar-refractivity contribution < 1.29 is 9.53 Å². The van der Waals surface area contributed by atoms with Crippen molar-refractivity contribution in [3.05, 3.63) is 98.0 Å². The summed E-state index contributed by atoms with van der Waals surface area (Å²) in [5.41, 5.74) is 1.84. The summed E-state index contributed by atoms with van der Waals surface area (Å²) >= 11 is 9.97. The van der Waals surface area contributed by atoms with Gasteiger partial charge in [0.05, 0.1) is 26.6 Å². The van der Waals surface area contributed by atoms with Crippen LogP contribution in [0.5, 0.6) is 5.75 Å². The fourth-order valence-electron chi connectivity index (χ4n) is 4.65. The maximum atomic E-state index is 13.4. The third-order valence-corrected chi connectivity index (χ3v) is 7.37. The summed E-state index contributed by atoms with van der Waals surface area (Å²) in [5.74, 6) is 0.924.